The fraction of sp³-hybridized carbons (Fsp3) is 0.462. The van der Waals surface area contributed by atoms with E-state index in [1.807, 2.05) is 11.4 Å². The Morgan fingerprint density at radius 2 is 2.14 bits per heavy atom. The van der Waals surface area contributed by atoms with Gasteiger partial charge >= 0.3 is 6.09 Å². The fourth-order valence-electron chi connectivity index (χ4n) is 2.62. The van der Waals surface area contributed by atoms with Crippen molar-refractivity contribution in [2.75, 3.05) is 5.32 Å². The van der Waals surface area contributed by atoms with Gasteiger partial charge in [0, 0.05) is 6.04 Å². The molecule has 2 heterocycles. The predicted molar refractivity (Wildman–Crippen MR) is 82.8 cm³/mol. The number of hydrogen-bond acceptors (Lipinski definition) is 6. The largest absolute Gasteiger partial charge is 0.446 e. The topological polar surface area (TPSA) is 90.1 Å². The van der Waals surface area contributed by atoms with Crippen molar-refractivity contribution in [3.63, 3.8) is 0 Å². The summed E-state index contributed by atoms with van der Waals surface area (Å²) in [7, 11) is 0. The molecule has 0 bridgehead atoms. The van der Waals surface area contributed by atoms with Crippen molar-refractivity contribution in [3.05, 3.63) is 16.7 Å². The molecule has 6 nitrogen and oxygen atoms in total. The SMILES string of the molecule is NC(=O)O[C@H]1CC[C@@H](Nc2nc(Cl)nc3ccsc23)CC1. The number of carbonyl (C=O) groups excluding carboxylic acids is 1. The molecule has 1 aliphatic carbocycles. The normalized spacial score (nSPS) is 22.1. The first kappa shape index (κ1) is 14.3. The molecule has 1 saturated carbocycles. The van der Waals surface area contributed by atoms with E-state index in [0.29, 0.717) is 0 Å². The summed E-state index contributed by atoms with van der Waals surface area (Å²) in [5.74, 6) is 0.777. The second-order valence-corrected chi connectivity index (χ2v) is 6.29. The van der Waals surface area contributed by atoms with Gasteiger partial charge in [0.05, 0.1) is 10.2 Å². The van der Waals surface area contributed by atoms with Crippen molar-refractivity contribution in [1.29, 1.82) is 0 Å². The van der Waals surface area contributed by atoms with Crippen LogP contribution in [0, 0.1) is 0 Å². The molecule has 112 valence electrons. The Kier molecular flexibility index (Phi) is 4.12. The number of ether oxygens (including phenoxy) is 1. The number of thiophene rings is 1. The highest BCUT2D eigenvalue weighted by atomic mass is 35.5. The molecule has 0 saturated heterocycles. The van der Waals surface area contributed by atoms with Crippen molar-refractivity contribution in [2.45, 2.75) is 37.8 Å². The van der Waals surface area contributed by atoms with Crippen molar-refractivity contribution >= 4 is 45.1 Å². The van der Waals surface area contributed by atoms with Crippen molar-refractivity contribution in [1.82, 2.24) is 9.97 Å². The number of primary amides is 1. The van der Waals surface area contributed by atoms with Crippen LogP contribution < -0.4 is 11.1 Å². The molecule has 0 atom stereocenters. The minimum absolute atomic E-state index is 0.0729. The van der Waals surface area contributed by atoms with E-state index in [2.05, 4.69) is 15.3 Å². The summed E-state index contributed by atoms with van der Waals surface area (Å²) in [5, 5.41) is 5.64. The minimum Gasteiger partial charge on any atom is -0.446 e. The summed E-state index contributed by atoms with van der Waals surface area (Å²) < 4.78 is 6.04. The van der Waals surface area contributed by atoms with Gasteiger partial charge in [0.25, 0.3) is 0 Å². The monoisotopic (exact) mass is 326 g/mol. The first-order valence-corrected chi connectivity index (χ1v) is 8.01. The Balaban J connectivity index is 1.67. The third kappa shape index (κ3) is 3.36. The highest BCUT2D eigenvalue weighted by molar-refractivity contribution is 7.17. The maximum atomic E-state index is 10.7. The van der Waals surface area contributed by atoms with Crippen LogP contribution in [0.25, 0.3) is 10.2 Å². The maximum Gasteiger partial charge on any atom is 0.404 e. The van der Waals surface area contributed by atoms with Crippen LogP contribution in [0.5, 0.6) is 0 Å². The van der Waals surface area contributed by atoms with Crippen LogP contribution in [0.2, 0.25) is 5.28 Å². The predicted octanol–water partition coefficient (Wildman–Crippen LogP) is 3.16. The summed E-state index contributed by atoms with van der Waals surface area (Å²) in [5.41, 5.74) is 5.90. The highest BCUT2D eigenvalue weighted by Crippen LogP contribution is 2.30. The average molecular weight is 327 g/mol. The molecule has 3 N–H and O–H groups in total. The highest BCUT2D eigenvalue weighted by Gasteiger charge is 2.24. The lowest BCUT2D eigenvalue weighted by atomic mass is 9.93. The molecule has 21 heavy (non-hydrogen) atoms. The lowest BCUT2D eigenvalue weighted by Gasteiger charge is -2.28. The van der Waals surface area contributed by atoms with E-state index in [1.165, 1.54) is 0 Å². The van der Waals surface area contributed by atoms with Crippen molar-refractivity contribution in [3.8, 4) is 0 Å². The van der Waals surface area contributed by atoms with Gasteiger partial charge in [-0.25, -0.2) is 9.78 Å². The maximum absolute atomic E-state index is 10.7. The van der Waals surface area contributed by atoms with E-state index in [1.54, 1.807) is 11.3 Å². The van der Waals surface area contributed by atoms with E-state index in [-0.39, 0.29) is 17.4 Å². The zero-order valence-corrected chi connectivity index (χ0v) is 12.8. The summed E-state index contributed by atoms with van der Waals surface area (Å²) in [6.07, 6.45) is 2.62. The summed E-state index contributed by atoms with van der Waals surface area (Å²) in [6, 6.07) is 2.21. The number of carbonyl (C=O) groups is 1. The van der Waals surface area contributed by atoms with Gasteiger partial charge < -0.3 is 15.8 Å². The fourth-order valence-corrected chi connectivity index (χ4v) is 3.57. The third-order valence-electron chi connectivity index (χ3n) is 3.57. The van der Waals surface area contributed by atoms with Crippen LogP contribution in [0.1, 0.15) is 25.7 Å². The Hall–Kier alpha value is -1.60. The number of amides is 1. The zero-order chi connectivity index (χ0) is 14.8. The van der Waals surface area contributed by atoms with E-state index >= 15 is 0 Å². The van der Waals surface area contributed by atoms with E-state index in [9.17, 15) is 4.79 Å². The second-order valence-electron chi connectivity index (χ2n) is 5.03. The Labute approximate surface area is 130 Å². The Morgan fingerprint density at radius 1 is 1.38 bits per heavy atom. The lowest BCUT2D eigenvalue weighted by Crippen LogP contribution is -2.32. The minimum atomic E-state index is -0.700. The number of nitrogens with two attached hydrogens (primary N) is 1. The van der Waals surface area contributed by atoms with Gasteiger partial charge in [-0.3, -0.25) is 0 Å². The summed E-state index contributed by atoms with van der Waals surface area (Å²) in [4.78, 5) is 19.2. The molecule has 0 spiro atoms. The molecule has 1 fully saturated rings. The van der Waals surface area contributed by atoms with Crippen LogP contribution in [-0.4, -0.2) is 28.2 Å². The number of rotatable bonds is 3. The number of nitrogens with zero attached hydrogens (tertiary/aromatic N) is 2. The van der Waals surface area contributed by atoms with Gasteiger partial charge in [-0.05, 0) is 48.7 Å². The van der Waals surface area contributed by atoms with Crippen molar-refractivity contribution in [2.24, 2.45) is 5.73 Å². The van der Waals surface area contributed by atoms with Crippen LogP contribution in [-0.2, 0) is 4.74 Å². The van der Waals surface area contributed by atoms with E-state index in [0.717, 1.165) is 41.7 Å². The summed E-state index contributed by atoms with van der Waals surface area (Å²) in [6.45, 7) is 0. The van der Waals surface area contributed by atoms with E-state index < -0.39 is 6.09 Å². The number of halogens is 1. The molecule has 1 amide bonds. The molecule has 0 radical (unpaired) electrons. The smallest absolute Gasteiger partial charge is 0.404 e. The average Bonchev–Trinajstić information content (AvgIpc) is 2.88. The molecule has 0 unspecified atom stereocenters. The van der Waals surface area contributed by atoms with Gasteiger partial charge in [0.2, 0.25) is 5.28 Å². The molecule has 3 rings (SSSR count). The first-order chi connectivity index (χ1) is 10.1. The molecule has 0 aromatic carbocycles. The number of hydrogen-bond donors (Lipinski definition) is 2. The zero-order valence-electron chi connectivity index (χ0n) is 11.2. The molecular formula is C13H15ClN4O2S. The standard InChI is InChI=1S/C13H15ClN4O2S/c14-12-17-9-5-6-21-10(9)11(18-12)16-7-1-3-8(4-2-7)20-13(15)19/h5-8H,1-4H2,(H2,15,19)(H,16,17,18)/t7-,8+. The molecular weight excluding hydrogens is 312 g/mol. The Morgan fingerprint density at radius 3 is 2.86 bits per heavy atom. The van der Waals surface area contributed by atoms with Crippen LogP contribution in [0.4, 0.5) is 10.6 Å². The van der Waals surface area contributed by atoms with Crippen LogP contribution in [0.15, 0.2) is 11.4 Å². The first-order valence-electron chi connectivity index (χ1n) is 6.75. The second kappa shape index (κ2) is 6.03. The quantitative estimate of drug-likeness (QED) is 0.845. The molecule has 1 aliphatic rings. The Bertz CT molecular complexity index is 655. The van der Waals surface area contributed by atoms with Gasteiger partial charge in [-0.2, -0.15) is 4.98 Å². The number of fused-ring (bicyclic) bond motifs is 1. The van der Waals surface area contributed by atoms with Gasteiger partial charge in [-0.15, -0.1) is 11.3 Å². The lowest BCUT2D eigenvalue weighted by molar-refractivity contribution is 0.0805. The van der Waals surface area contributed by atoms with Crippen molar-refractivity contribution < 1.29 is 9.53 Å². The van der Waals surface area contributed by atoms with E-state index in [4.69, 9.17) is 22.1 Å². The van der Waals surface area contributed by atoms with Gasteiger partial charge in [0.1, 0.15) is 11.9 Å². The summed E-state index contributed by atoms with van der Waals surface area (Å²) >= 11 is 7.54. The molecule has 2 aromatic rings. The van der Waals surface area contributed by atoms with Gasteiger partial charge in [0.15, 0.2) is 0 Å². The van der Waals surface area contributed by atoms with Crippen LogP contribution in [0.3, 0.4) is 0 Å². The number of anilines is 1. The van der Waals surface area contributed by atoms with Gasteiger partial charge in [-0.1, -0.05) is 0 Å². The molecule has 2 aromatic heterocycles. The van der Waals surface area contributed by atoms with Crippen LogP contribution >= 0.6 is 22.9 Å². The molecule has 0 aliphatic heterocycles. The number of nitrogens with one attached hydrogen (secondary N) is 1. The molecule has 8 heteroatoms. The number of aromatic nitrogens is 2. The third-order valence-corrected chi connectivity index (χ3v) is 4.65.